The molecular weight excluding hydrogens is 675 g/mol. The number of benzene rings is 2. The van der Waals surface area contributed by atoms with E-state index in [0.717, 1.165) is 97.0 Å². The lowest BCUT2D eigenvalue weighted by Crippen LogP contribution is -2.20. The zero-order valence-electron chi connectivity index (χ0n) is 32.1. The Morgan fingerprint density at radius 2 is 1.37 bits per heavy atom. The summed E-state index contributed by atoms with van der Waals surface area (Å²) in [5.41, 5.74) is 11.3. The normalized spacial score (nSPS) is 13.8. The van der Waals surface area contributed by atoms with E-state index in [1.165, 1.54) is 23.6 Å². The summed E-state index contributed by atoms with van der Waals surface area (Å²) in [6.45, 7) is 9.33. The summed E-state index contributed by atoms with van der Waals surface area (Å²) in [5.74, 6) is 0.898. The third-order valence-corrected chi connectivity index (χ3v) is 10.7. The number of pyridine rings is 2. The van der Waals surface area contributed by atoms with Crippen LogP contribution in [0.4, 0.5) is 5.69 Å². The summed E-state index contributed by atoms with van der Waals surface area (Å²) in [4.78, 5) is 58.9. The molecule has 282 valence electrons. The molecule has 54 heavy (non-hydrogen) atoms. The van der Waals surface area contributed by atoms with Gasteiger partial charge in [-0.05, 0) is 159 Å². The first kappa shape index (κ1) is 38.7. The van der Waals surface area contributed by atoms with Crippen molar-refractivity contribution in [2.45, 2.75) is 110 Å². The number of hydrogen-bond acceptors (Lipinski definition) is 7. The van der Waals surface area contributed by atoms with Gasteiger partial charge >= 0.3 is 0 Å². The highest BCUT2D eigenvalue weighted by atomic mass is 16.2. The molecule has 2 aliphatic carbocycles. The van der Waals surface area contributed by atoms with Crippen LogP contribution in [0.1, 0.15) is 137 Å². The Morgan fingerprint density at radius 3 is 2.07 bits per heavy atom. The average Bonchev–Trinajstić information content (AvgIpc) is 4.08. The van der Waals surface area contributed by atoms with E-state index in [1.807, 2.05) is 55.7 Å². The molecule has 0 unspecified atom stereocenters. The van der Waals surface area contributed by atoms with Crippen molar-refractivity contribution in [3.8, 4) is 11.1 Å². The molecule has 0 atom stereocenters. The molecule has 2 heterocycles. The van der Waals surface area contributed by atoms with E-state index < -0.39 is 0 Å². The van der Waals surface area contributed by atoms with Gasteiger partial charge in [0.25, 0.3) is 5.91 Å². The molecule has 3 N–H and O–H groups in total. The molecule has 0 saturated heterocycles. The Balaban J connectivity index is 1.13. The summed E-state index contributed by atoms with van der Waals surface area (Å²) in [7, 11) is 0. The first-order valence-electron chi connectivity index (χ1n) is 19.5. The van der Waals surface area contributed by atoms with Crippen LogP contribution in [-0.4, -0.2) is 46.4 Å². The van der Waals surface area contributed by atoms with Crippen molar-refractivity contribution in [2.75, 3.05) is 18.4 Å². The van der Waals surface area contributed by atoms with Crippen LogP contribution in [0.2, 0.25) is 0 Å². The quantitative estimate of drug-likeness (QED) is 0.0657. The molecule has 0 radical (unpaired) electrons. The van der Waals surface area contributed by atoms with Gasteiger partial charge in [-0.1, -0.05) is 30.3 Å². The summed E-state index contributed by atoms with van der Waals surface area (Å²) in [6, 6.07) is 15.9. The maximum absolute atomic E-state index is 13.7. The Hall–Kier alpha value is -5.02. The zero-order chi connectivity index (χ0) is 38.2. The molecule has 4 aromatic rings. The molecule has 2 aliphatic rings. The highest BCUT2D eigenvalue weighted by Crippen LogP contribution is 2.43. The number of hydrogen-bond donors (Lipinski definition) is 3. The molecule has 6 rings (SSSR count). The lowest BCUT2D eigenvalue weighted by Gasteiger charge is -2.17. The number of anilines is 1. The molecule has 2 amide bonds. The topological polar surface area (TPSA) is 130 Å². The monoisotopic (exact) mass is 727 g/mol. The molecule has 9 nitrogen and oxygen atoms in total. The maximum Gasteiger partial charge on any atom is 0.274 e. The van der Waals surface area contributed by atoms with Crippen LogP contribution < -0.4 is 16.0 Å². The van der Waals surface area contributed by atoms with E-state index >= 15 is 0 Å². The molecule has 2 saturated carbocycles. The van der Waals surface area contributed by atoms with Crippen molar-refractivity contribution in [3.05, 3.63) is 111 Å². The number of carbonyl (C=O) groups excluding carboxylic acids is 4. The predicted octanol–water partition coefficient (Wildman–Crippen LogP) is 8.11. The number of carbonyl (C=O) groups is 4. The van der Waals surface area contributed by atoms with Gasteiger partial charge in [-0.2, -0.15) is 0 Å². The molecule has 2 aromatic heterocycles. The van der Waals surface area contributed by atoms with Crippen molar-refractivity contribution >= 4 is 29.1 Å². The lowest BCUT2D eigenvalue weighted by molar-refractivity contribution is -0.119. The minimum Gasteiger partial charge on any atom is -0.356 e. The van der Waals surface area contributed by atoms with E-state index in [2.05, 4.69) is 45.0 Å². The minimum absolute atomic E-state index is 0.00932. The zero-order valence-corrected chi connectivity index (χ0v) is 32.1. The van der Waals surface area contributed by atoms with Gasteiger partial charge in [0.15, 0.2) is 5.78 Å². The van der Waals surface area contributed by atoms with Crippen molar-refractivity contribution < 1.29 is 19.2 Å². The van der Waals surface area contributed by atoms with Gasteiger partial charge in [-0.3, -0.25) is 24.4 Å². The largest absolute Gasteiger partial charge is 0.356 e. The number of amides is 2. The maximum atomic E-state index is 13.7. The van der Waals surface area contributed by atoms with Crippen LogP contribution in [0.25, 0.3) is 11.1 Å². The van der Waals surface area contributed by atoms with E-state index in [1.54, 1.807) is 6.92 Å². The van der Waals surface area contributed by atoms with Crippen LogP contribution >= 0.6 is 0 Å². The third-order valence-electron chi connectivity index (χ3n) is 10.7. The second kappa shape index (κ2) is 17.9. The fourth-order valence-corrected chi connectivity index (χ4v) is 7.25. The Kier molecular flexibility index (Phi) is 12.8. The molecule has 0 spiro atoms. The lowest BCUT2D eigenvalue weighted by atomic mass is 9.90. The van der Waals surface area contributed by atoms with Crippen molar-refractivity contribution in [1.82, 2.24) is 20.6 Å². The van der Waals surface area contributed by atoms with Crippen LogP contribution in [0.3, 0.4) is 0 Å². The second-order valence-corrected chi connectivity index (χ2v) is 15.1. The molecular formula is C45H53N5O4. The van der Waals surface area contributed by atoms with Gasteiger partial charge in [0.05, 0.1) is 0 Å². The molecule has 2 aromatic carbocycles. The first-order valence-corrected chi connectivity index (χ1v) is 19.5. The van der Waals surface area contributed by atoms with E-state index in [9.17, 15) is 19.2 Å². The molecule has 0 bridgehead atoms. The Labute approximate surface area is 319 Å². The van der Waals surface area contributed by atoms with Crippen molar-refractivity contribution in [1.29, 1.82) is 0 Å². The number of unbranched alkanes of at least 4 members (excludes halogenated alkanes) is 1. The van der Waals surface area contributed by atoms with E-state index in [0.29, 0.717) is 42.7 Å². The number of ketones is 2. The standard InChI is InChI=1S/C45H53N5O4/c1-28(51)10-9-20-46-25-36-27-48-42(23-40(36)33-18-19-33)44(53)22-34-12-7-13-37(29(34)2)38-14-8-15-41(30(38)3)50-45(54)43-24-39(32-16-17-32)35(26-49-43)11-5-6-21-47-31(4)52/h7-8,12-15,23-24,26-27,32-33,46H,5-6,9-11,16-22,25H2,1-4H3,(H,47,52)(H,50,54). The average molecular weight is 728 g/mol. The van der Waals surface area contributed by atoms with Crippen molar-refractivity contribution in [3.63, 3.8) is 0 Å². The number of nitrogens with one attached hydrogen (secondary N) is 3. The van der Waals surface area contributed by atoms with Gasteiger partial charge in [0, 0.05) is 50.9 Å². The second-order valence-electron chi connectivity index (χ2n) is 15.1. The number of aromatic nitrogens is 2. The number of Topliss-reactive ketones (excluding diaryl/α,β-unsaturated/α-hetero) is 2. The summed E-state index contributed by atoms with van der Waals surface area (Å²) >= 11 is 0. The van der Waals surface area contributed by atoms with Crippen LogP contribution in [0.15, 0.2) is 60.9 Å². The van der Waals surface area contributed by atoms with Crippen LogP contribution in [0, 0.1) is 13.8 Å². The summed E-state index contributed by atoms with van der Waals surface area (Å²) < 4.78 is 0. The number of rotatable bonds is 19. The predicted molar refractivity (Wildman–Crippen MR) is 213 cm³/mol. The summed E-state index contributed by atoms with van der Waals surface area (Å²) in [6.07, 6.45) is 12.6. The minimum atomic E-state index is -0.238. The Morgan fingerprint density at radius 1 is 0.722 bits per heavy atom. The van der Waals surface area contributed by atoms with E-state index in [-0.39, 0.29) is 29.8 Å². The highest BCUT2D eigenvalue weighted by Gasteiger charge is 2.29. The van der Waals surface area contributed by atoms with Gasteiger partial charge in [-0.15, -0.1) is 0 Å². The third kappa shape index (κ3) is 10.1. The first-order chi connectivity index (χ1) is 26.1. The van der Waals surface area contributed by atoms with Gasteiger partial charge in [0.2, 0.25) is 5.91 Å². The van der Waals surface area contributed by atoms with Gasteiger partial charge in [0.1, 0.15) is 17.2 Å². The summed E-state index contributed by atoms with van der Waals surface area (Å²) in [5, 5.41) is 9.41. The highest BCUT2D eigenvalue weighted by molar-refractivity contribution is 6.04. The fraction of sp³-hybridized carbons (Fsp3) is 0.422. The van der Waals surface area contributed by atoms with Gasteiger partial charge in [-0.25, -0.2) is 0 Å². The number of aryl methyl sites for hydroxylation is 1. The van der Waals surface area contributed by atoms with Crippen LogP contribution in [0.5, 0.6) is 0 Å². The van der Waals surface area contributed by atoms with Crippen LogP contribution in [-0.2, 0) is 29.0 Å². The number of nitrogens with zero attached hydrogens (tertiary/aromatic N) is 2. The van der Waals surface area contributed by atoms with Crippen molar-refractivity contribution in [2.24, 2.45) is 0 Å². The van der Waals surface area contributed by atoms with Gasteiger partial charge < -0.3 is 20.7 Å². The smallest absolute Gasteiger partial charge is 0.274 e. The fourth-order valence-electron chi connectivity index (χ4n) is 7.25. The molecule has 0 aliphatic heterocycles. The molecule has 9 heteroatoms. The SMILES string of the molecule is CC(=O)CCCNCc1cnc(C(=O)Cc2cccc(-c3cccc(NC(=O)c4cc(C5CC5)c(CCCCNC(C)=O)cn4)c3C)c2C)cc1C1CC1. The Bertz CT molecular complexity index is 1890. The molecule has 2 fully saturated rings. The van der Waals surface area contributed by atoms with E-state index in [4.69, 9.17) is 0 Å².